The molecule has 106 valence electrons. The van der Waals surface area contributed by atoms with Crippen molar-refractivity contribution in [3.8, 4) is 0 Å². The molecule has 0 aliphatic rings. The summed E-state index contributed by atoms with van der Waals surface area (Å²) >= 11 is 0. The minimum Gasteiger partial charge on any atom is -0.478 e. The summed E-state index contributed by atoms with van der Waals surface area (Å²) in [5, 5.41) is 12.4. The Kier molecular flexibility index (Phi) is 6.12. The number of rotatable bonds is 8. The van der Waals surface area contributed by atoms with Crippen LogP contribution in [0.5, 0.6) is 0 Å². The number of nitrogens with two attached hydrogens (primary N) is 1. The fourth-order valence-corrected chi connectivity index (χ4v) is 2.04. The van der Waals surface area contributed by atoms with Gasteiger partial charge in [-0.2, -0.15) is 0 Å². The maximum atomic E-state index is 11.2. The highest BCUT2D eigenvalue weighted by Gasteiger charge is 2.15. The van der Waals surface area contributed by atoms with Gasteiger partial charge < -0.3 is 16.2 Å². The maximum absolute atomic E-state index is 11.2. The third-order valence-electron chi connectivity index (χ3n) is 3.02. The van der Waals surface area contributed by atoms with E-state index in [2.05, 4.69) is 24.1 Å². The van der Waals surface area contributed by atoms with E-state index >= 15 is 0 Å². The van der Waals surface area contributed by atoms with Gasteiger partial charge in [-0.3, -0.25) is 0 Å². The van der Waals surface area contributed by atoms with Crippen LogP contribution in [0.4, 0.5) is 11.5 Å². The lowest BCUT2D eigenvalue weighted by Gasteiger charge is -2.19. The minimum atomic E-state index is -1.01. The van der Waals surface area contributed by atoms with Gasteiger partial charge >= 0.3 is 5.97 Å². The number of nitrogens with zero attached hydrogens (tertiary/aromatic N) is 1. The van der Waals surface area contributed by atoms with Gasteiger partial charge in [-0.1, -0.05) is 33.1 Å². The van der Waals surface area contributed by atoms with E-state index in [4.69, 9.17) is 5.73 Å². The number of aromatic nitrogens is 1. The van der Waals surface area contributed by atoms with Crippen LogP contribution in [0.25, 0.3) is 0 Å². The smallest absolute Gasteiger partial charge is 0.339 e. The minimum absolute atomic E-state index is 0.137. The van der Waals surface area contributed by atoms with Crippen LogP contribution >= 0.6 is 0 Å². The van der Waals surface area contributed by atoms with Crippen LogP contribution in [0.2, 0.25) is 0 Å². The predicted octanol–water partition coefficient (Wildman–Crippen LogP) is 3.13. The number of hydrogen-bond donors (Lipinski definition) is 3. The molecule has 1 aromatic rings. The summed E-state index contributed by atoms with van der Waals surface area (Å²) in [7, 11) is 0. The lowest BCUT2D eigenvalue weighted by atomic mass is 10.0. The van der Waals surface area contributed by atoms with Crippen LogP contribution in [0.1, 0.15) is 56.3 Å². The Morgan fingerprint density at radius 1 is 1.42 bits per heavy atom. The average molecular weight is 265 g/mol. The highest BCUT2D eigenvalue weighted by molar-refractivity contribution is 5.94. The van der Waals surface area contributed by atoms with Gasteiger partial charge in [0, 0.05) is 6.04 Å². The maximum Gasteiger partial charge on any atom is 0.339 e. The van der Waals surface area contributed by atoms with E-state index in [0.717, 1.165) is 32.1 Å². The molecule has 0 saturated carbocycles. The van der Waals surface area contributed by atoms with Gasteiger partial charge in [-0.25, -0.2) is 9.78 Å². The number of anilines is 2. The number of pyridine rings is 1. The molecule has 0 spiro atoms. The summed E-state index contributed by atoms with van der Waals surface area (Å²) in [5.74, 6) is -0.593. The van der Waals surface area contributed by atoms with Gasteiger partial charge in [0.25, 0.3) is 0 Å². The Morgan fingerprint density at radius 3 is 2.74 bits per heavy atom. The van der Waals surface area contributed by atoms with Crippen molar-refractivity contribution < 1.29 is 9.90 Å². The Balaban J connectivity index is 2.85. The normalized spacial score (nSPS) is 12.1. The molecule has 0 amide bonds. The van der Waals surface area contributed by atoms with E-state index in [-0.39, 0.29) is 11.6 Å². The number of aromatic carboxylic acids is 1. The fraction of sp³-hybridized carbons (Fsp3) is 0.571. The molecule has 0 fully saturated rings. The number of hydrogen-bond acceptors (Lipinski definition) is 4. The first kappa shape index (κ1) is 15.3. The molecule has 0 aromatic carbocycles. The topological polar surface area (TPSA) is 88.2 Å². The lowest BCUT2D eigenvalue weighted by Crippen LogP contribution is -2.22. The molecule has 0 radical (unpaired) electrons. The molecular weight excluding hydrogens is 242 g/mol. The zero-order valence-electron chi connectivity index (χ0n) is 11.6. The number of nitrogen functional groups attached to an aromatic ring is 1. The van der Waals surface area contributed by atoms with Crippen molar-refractivity contribution in [1.82, 2.24) is 4.98 Å². The summed E-state index contributed by atoms with van der Waals surface area (Å²) in [4.78, 5) is 15.3. The van der Waals surface area contributed by atoms with Gasteiger partial charge in [0.1, 0.15) is 11.4 Å². The van der Waals surface area contributed by atoms with Crippen LogP contribution < -0.4 is 11.1 Å². The van der Waals surface area contributed by atoms with Crippen molar-refractivity contribution in [1.29, 1.82) is 0 Å². The largest absolute Gasteiger partial charge is 0.478 e. The fourth-order valence-electron chi connectivity index (χ4n) is 2.04. The van der Waals surface area contributed by atoms with Crippen LogP contribution in [-0.2, 0) is 0 Å². The SMILES string of the molecule is CCCCC(CCC)Nc1ncc(N)cc1C(=O)O. The Labute approximate surface area is 114 Å². The van der Waals surface area contributed by atoms with Crippen molar-refractivity contribution in [2.24, 2.45) is 0 Å². The predicted molar refractivity (Wildman–Crippen MR) is 77.5 cm³/mol. The number of carboxylic acids is 1. The number of nitrogens with one attached hydrogen (secondary N) is 1. The molecule has 4 N–H and O–H groups in total. The number of unbranched alkanes of at least 4 members (excludes halogenated alkanes) is 1. The quantitative estimate of drug-likeness (QED) is 0.672. The van der Waals surface area contributed by atoms with Gasteiger partial charge in [0.2, 0.25) is 0 Å². The van der Waals surface area contributed by atoms with Crippen LogP contribution in [-0.4, -0.2) is 22.1 Å². The molecule has 0 bridgehead atoms. The zero-order valence-corrected chi connectivity index (χ0v) is 11.6. The third-order valence-corrected chi connectivity index (χ3v) is 3.02. The average Bonchev–Trinajstić information content (AvgIpc) is 2.38. The monoisotopic (exact) mass is 265 g/mol. The summed E-state index contributed by atoms with van der Waals surface area (Å²) in [6.45, 7) is 4.27. The summed E-state index contributed by atoms with van der Waals surface area (Å²) in [6.07, 6.45) is 6.81. The second kappa shape index (κ2) is 7.61. The molecule has 1 aromatic heterocycles. The molecule has 1 unspecified atom stereocenters. The van der Waals surface area contributed by atoms with Crippen molar-refractivity contribution >= 4 is 17.5 Å². The first-order valence-electron chi connectivity index (χ1n) is 6.83. The summed E-state index contributed by atoms with van der Waals surface area (Å²) < 4.78 is 0. The molecule has 5 nitrogen and oxygen atoms in total. The summed E-state index contributed by atoms with van der Waals surface area (Å²) in [6, 6.07) is 1.71. The summed E-state index contributed by atoms with van der Waals surface area (Å²) in [5.41, 5.74) is 6.08. The van der Waals surface area contributed by atoms with E-state index in [9.17, 15) is 9.90 Å². The highest BCUT2D eigenvalue weighted by Crippen LogP contribution is 2.19. The zero-order chi connectivity index (χ0) is 14.3. The van der Waals surface area contributed by atoms with E-state index in [0.29, 0.717) is 11.5 Å². The second-order valence-corrected chi connectivity index (χ2v) is 4.74. The van der Waals surface area contributed by atoms with Gasteiger partial charge in [-0.15, -0.1) is 0 Å². The second-order valence-electron chi connectivity index (χ2n) is 4.74. The van der Waals surface area contributed by atoms with Gasteiger partial charge in [0.05, 0.1) is 11.9 Å². The molecule has 5 heteroatoms. The van der Waals surface area contributed by atoms with Crippen LogP contribution in [0, 0.1) is 0 Å². The highest BCUT2D eigenvalue weighted by atomic mass is 16.4. The lowest BCUT2D eigenvalue weighted by molar-refractivity contribution is 0.0697. The van der Waals surface area contributed by atoms with Crippen LogP contribution in [0.15, 0.2) is 12.3 Å². The van der Waals surface area contributed by atoms with E-state index in [1.165, 1.54) is 12.3 Å². The molecule has 1 heterocycles. The van der Waals surface area contributed by atoms with E-state index in [1.807, 2.05) is 0 Å². The van der Waals surface area contributed by atoms with Gasteiger partial charge in [0.15, 0.2) is 0 Å². The van der Waals surface area contributed by atoms with Crippen molar-refractivity contribution in [2.75, 3.05) is 11.1 Å². The molecule has 1 atom stereocenters. The van der Waals surface area contributed by atoms with Crippen molar-refractivity contribution in [2.45, 2.75) is 52.0 Å². The number of carboxylic acid groups (broad SMARTS) is 1. The first-order chi connectivity index (χ1) is 9.08. The molecule has 0 aliphatic carbocycles. The van der Waals surface area contributed by atoms with Crippen LogP contribution in [0.3, 0.4) is 0 Å². The van der Waals surface area contributed by atoms with Crippen molar-refractivity contribution in [3.63, 3.8) is 0 Å². The van der Waals surface area contributed by atoms with Gasteiger partial charge in [-0.05, 0) is 18.9 Å². The van der Waals surface area contributed by atoms with E-state index < -0.39 is 5.97 Å². The molecule has 0 saturated heterocycles. The first-order valence-corrected chi connectivity index (χ1v) is 6.83. The molecule has 0 aliphatic heterocycles. The van der Waals surface area contributed by atoms with Crippen molar-refractivity contribution in [3.05, 3.63) is 17.8 Å². The Bertz CT molecular complexity index is 421. The third kappa shape index (κ3) is 4.77. The molecule has 1 rings (SSSR count). The molecule has 19 heavy (non-hydrogen) atoms. The Morgan fingerprint density at radius 2 is 2.16 bits per heavy atom. The van der Waals surface area contributed by atoms with E-state index in [1.54, 1.807) is 0 Å². The number of carbonyl (C=O) groups is 1. The standard InChI is InChI=1S/C14H23N3O2/c1-3-5-7-11(6-4-2)17-13-12(14(18)19)8-10(15)9-16-13/h8-9,11H,3-7,15H2,1-2H3,(H,16,17)(H,18,19). The molecular formula is C14H23N3O2. The Hall–Kier alpha value is -1.78.